The van der Waals surface area contributed by atoms with Crippen molar-refractivity contribution in [2.24, 2.45) is 0 Å². The predicted octanol–water partition coefficient (Wildman–Crippen LogP) is -1.50. The molecule has 0 saturated heterocycles. The summed E-state index contributed by atoms with van der Waals surface area (Å²) in [6.07, 6.45) is 2.73. The Kier molecular flexibility index (Phi) is 5.77. The molecular weight excluding hydrogens is 410 g/mol. The number of amides is 2. The third-order valence-electron chi connectivity index (χ3n) is 4.98. The van der Waals surface area contributed by atoms with Crippen molar-refractivity contribution in [2.45, 2.75) is 17.8 Å². The van der Waals surface area contributed by atoms with E-state index in [4.69, 9.17) is 4.74 Å². The number of hydrogen-bond acceptors (Lipinski definition) is 5. The van der Waals surface area contributed by atoms with Gasteiger partial charge in [0.05, 0.1) is 12.7 Å². The monoisotopic (exact) mass is 431 g/mol. The van der Waals surface area contributed by atoms with Gasteiger partial charge in [0.25, 0.3) is 11.8 Å². The number of pyridine rings is 1. The summed E-state index contributed by atoms with van der Waals surface area (Å²) in [5.41, 5.74) is 0.538. The first-order valence-corrected chi connectivity index (χ1v) is 10.2. The van der Waals surface area contributed by atoms with E-state index in [1.54, 1.807) is 18.3 Å². The molecule has 160 valence electrons. The van der Waals surface area contributed by atoms with E-state index in [1.165, 1.54) is 9.58 Å². The fourth-order valence-corrected chi connectivity index (χ4v) is 3.55. The molecule has 1 aromatic carbocycles. The Morgan fingerprint density at radius 2 is 1.97 bits per heavy atom. The highest BCUT2D eigenvalue weighted by Gasteiger charge is 2.39. The maximum absolute atomic E-state index is 14.5. The van der Waals surface area contributed by atoms with Crippen molar-refractivity contribution in [3.8, 4) is 5.75 Å². The molecule has 8 nitrogen and oxygen atoms in total. The van der Waals surface area contributed by atoms with Gasteiger partial charge in [0.15, 0.2) is 23.1 Å². The molecule has 0 spiro atoms. The summed E-state index contributed by atoms with van der Waals surface area (Å²) in [6, 6.07) is 11.8. The van der Waals surface area contributed by atoms with Crippen LogP contribution in [-0.4, -0.2) is 68.0 Å². The van der Waals surface area contributed by atoms with E-state index in [-0.39, 0.29) is 12.3 Å². The molecule has 4 rings (SSSR count). The number of nitrogens with one attached hydrogen (secondary N) is 1. The van der Waals surface area contributed by atoms with Crippen molar-refractivity contribution in [3.05, 3.63) is 71.9 Å². The molecule has 0 bridgehead atoms. The molecule has 0 radical (unpaired) electrons. The Labute approximate surface area is 187 Å². The molecular formula is C20H21B3FN5O3. The van der Waals surface area contributed by atoms with Crippen LogP contribution in [0.2, 0.25) is 0 Å². The van der Waals surface area contributed by atoms with Crippen LogP contribution in [0.1, 0.15) is 16.1 Å². The molecule has 1 N–H and O–H groups in total. The zero-order valence-corrected chi connectivity index (χ0v) is 18.1. The van der Waals surface area contributed by atoms with Crippen LogP contribution in [-0.2, 0) is 11.3 Å². The summed E-state index contributed by atoms with van der Waals surface area (Å²) >= 11 is 0. The first kappa shape index (κ1) is 21.7. The smallest absolute Gasteiger partial charge is 0.275 e. The number of nitrogens with zero attached hydrogens (tertiary/aromatic N) is 4. The van der Waals surface area contributed by atoms with Crippen LogP contribution in [0.5, 0.6) is 5.75 Å². The van der Waals surface area contributed by atoms with Gasteiger partial charge < -0.3 is 15.0 Å². The highest BCUT2D eigenvalue weighted by atomic mass is 19.1. The molecule has 2 aromatic heterocycles. The molecule has 0 fully saturated rings. The van der Waals surface area contributed by atoms with Crippen LogP contribution in [0.25, 0.3) is 0 Å². The zero-order valence-electron chi connectivity index (χ0n) is 18.1. The lowest BCUT2D eigenvalue weighted by Gasteiger charge is -2.36. The van der Waals surface area contributed by atoms with Crippen molar-refractivity contribution < 1.29 is 18.7 Å². The standard InChI is InChI=1S/C20H21B3FN5O3/c21-20(22,23)29-17-15(7-4-8-25-17)32-11-14(19(29)31)26-18(30)16-13(24)10-28(27-16)9-12-5-2-1-3-6-12/h1-8,10,14H,9,11,21-23H2,(H,26,30)/t14-/m0/s1. The quantitative estimate of drug-likeness (QED) is 0.498. The molecule has 0 unspecified atom stereocenters. The lowest BCUT2D eigenvalue weighted by Crippen LogP contribution is -2.60. The highest BCUT2D eigenvalue weighted by molar-refractivity contribution is 6.62. The second-order valence-corrected chi connectivity index (χ2v) is 8.52. The van der Waals surface area contributed by atoms with Gasteiger partial charge in [-0.25, -0.2) is 9.37 Å². The molecule has 1 atom stereocenters. The minimum atomic E-state index is -1.03. The number of ether oxygens (including phenoxy) is 1. The first-order valence-electron chi connectivity index (χ1n) is 10.2. The van der Waals surface area contributed by atoms with Gasteiger partial charge in [0.1, 0.15) is 36.2 Å². The van der Waals surface area contributed by atoms with Crippen LogP contribution in [0.3, 0.4) is 0 Å². The number of anilines is 1. The molecule has 3 aromatic rings. The van der Waals surface area contributed by atoms with E-state index < -0.39 is 28.9 Å². The van der Waals surface area contributed by atoms with E-state index in [2.05, 4.69) is 15.4 Å². The van der Waals surface area contributed by atoms with Gasteiger partial charge in [-0.3, -0.25) is 14.3 Å². The van der Waals surface area contributed by atoms with Crippen LogP contribution >= 0.6 is 0 Å². The van der Waals surface area contributed by atoms with Gasteiger partial charge >= 0.3 is 0 Å². The lowest BCUT2D eigenvalue weighted by molar-refractivity contribution is -0.120. The zero-order chi connectivity index (χ0) is 22.9. The third kappa shape index (κ3) is 4.39. The van der Waals surface area contributed by atoms with E-state index in [1.807, 2.05) is 53.9 Å². The Hall–Kier alpha value is -3.56. The average Bonchev–Trinajstić information content (AvgIpc) is 3.04. The summed E-state index contributed by atoms with van der Waals surface area (Å²) in [4.78, 5) is 31.9. The van der Waals surface area contributed by atoms with E-state index in [0.29, 0.717) is 18.1 Å². The largest absolute Gasteiger partial charge is 0.487 e. The van der Waals surface area contributed by atoms with Crippen molar-refractivity contribution >= 4 is 41.2 Å². The SMILES string of the molecule is BC(B)(B)N1C(=O)[C@@H](NC(=O)c2nn(Cc3ccccc3)cc2F)COc2cccnc21. The van der Waals surface area contributed by atoms with E-state index >= 15 is 0 Å². The molecule has 12 heteroatoms. The summed E-state index contributed by atoms with van der Waals surface area (Å²) in [7, 11) is 5.58. The number of carbonyl (C=O) groups is 2. The van der Waals surface area contributed by atoms with Gasteiger partial charge in [0.2, 0.25) is 0 Å². The minimum Gasteiger partial charge on any atom is -0.487 e. The van der Waals surface area contributed by atoms with E-state index in [9.17, 15) is 14.0 Å². The number of benzene rings is 1. The maximum Gasteiger partial charge on any atom is 0.275 e. The number of halogens is 1. The second kappa shape index (κ2) is 8.53. The number of rotatable bonds is 5. The van der Waals surface area contributed by atoms with Crippen molar-refractivity contribution in [1.29, 1.82) is 0 Å². The normalized spacial score (nSPS) is 16.1. The molecule has 32 heavy (non-hydrogen) atoms. The lowest BCUT2D eigenvalue weighted by atomic mass is 9.48. The summed E-state index contributed by atoms with van der Waals surface area (Å²) in [6.45, 7) is 0.206. The van der Waals surface area contributed by atoms with Crippen LogP contribution in [0, 0.1) is 5.82 Å². The Morgan fingerprint density at radius 1 is 1.22 bits per heavy atom. The third-order valence-corrected chi connectivity index (χ3v) is 4.98. The number of hydrogen-bond donors (Lipinski definition) is 1. The Balaban J connectivity index is 1.55. The topological polar surface area (TPSA) is 89.4 Å². The first-order chi connectivity index (χ1) is 15.2. The summed E-state index contributed by atoms with van der Waals surface area (Å²) in [5, 5.41) is 6.03. The van der Waals surface area contributed by atoms with Crippen LogP contribution < -0.4 is 15.0 Å². The number of aromatic nitrogens is 3. The van der Waals surface area contributed by atoms with Crippen molar-refractivity contribution in [1.82, 2.24) is 20.1 Å². The molecule has 1 aliphatic rings. The molecule has 3 heterocycles. The van der Waals surface area contributed by atoms with Gasteiger partial charge in [0, 0.05) is 6.20 Å². The Bertz CT molecular complexity index is 1150. The predicted molar refractivity (Wildman–Crippen MR) is 125 cm³/mol. The maximum atomic E-state index is 14.5. The fraction of sp³-hybridized carbons (Fsp3) is 0.200. The van der Waals surface area contributed by atoms with Crippen molar-refractivity contribution in [2.75, 3.05) is 11.5 Å². The number of fused-ring (bicyclic) bond motifs is 1. The van der Waals surface area contributed by atoms with E-state index in [0.717, 1.165) is 11.8 Å². The summed E-state index contributed by atoms with van der Waals surface area (Å²) < 4.78 is 21.6. The molecule has 2 amide bonds. The average molecular weight is 431 g/mol. The van der Waals surface area contributed by atoms with Gasteiger partial charge in [-0.05, 0) is 22.9 Å². The summed E-state index contributed by atoms with van der Waals surface area (Å²) in [5.74, 6) is -1.14. The van der Waals surface area contributed by atoms with Gasteiger partial charge in [-0.1, -0.05) is 30.3 Å². The van der Waals surface area contributed by atoms with Crippen LogP contribution in [0.4, 0.5) is 10.2 Å². The minimum absolute atomic E-state index is 0.109. The molecule has 0 aliphatic carbocycles. The Morgan fingerprint density at radius 3 is 2.69 bits per heavy atom. The molecule has 0 saturated carbocycles. The fourth-order valence-electron chi connectivity index (χ4n) is 3.55. The van der Waals surface area contributed by atoms with Crippen molar-refractivity contribution in [3.63, 3.8) is 0 Å². The second-order valence-electron chi connectivity index (χ2n) is 8.52. The van der Waals surface area contributed by atoms with Crippen LogP contribution in [0.15, 0.2) is 54.9 Å². The van der Waals surface area contributed by atoms with Gasteiger partial charge in [-0.2, -0.15) is 5.10 Å². The number of carbonyl (C=O) groups excluding carboxylic acids is 2. The molecule has 1 aliphatic heterocycles. The highest BCUT2D eigenvalue weighted by Crippen LogP contribution is 2.31. The van der Waals surface area contributed by atoms with Gasteiger partial charge in [-0.15, -0.1) is 0 Å².